The zero-order chi connectivity index (χ0) is 20.5. The molecule has 1 N–H and O–H groups in total. The third kappa shape index (κ3) is 4.14. The number of para-hydroxylation sites is 1. The third-order valence-electron chi connectivity index (χ3n) is 5.13. The summed E-state index contributed by atoms with van der Waals surface area (Å²) in [6.45, 7) is 2.26. The molecule has 1 aliphatic carbocycles. The molecule has 0 bridgehead atoms. The molecule has 0 aromatic heterocycles. The SMILES string of the molecule is CC1CC1C(=O)NCC(=O)N1CCN(S(=O)(=O)c2ccccc2[N+](=O)[O-])CC1. The van der Waals surface area contributed by atoms with Crippen molar-refractivity contribution in [2.75, 3.05) is 32.7 Å². The Hall–Kier alpha value is -2.53. The lowest BCUT2D eigenvalue weighted by Crippen LogP contribution is -2.52. The molecular formula is C17H22N4O6S. The molecule has 1 saturated carbocycles. The van der Waals surface area contributed by atoms with Crippen molar-refractivity contribution in [3.8, 4) is 0 Å². The Balaban J connectivity index is 1.58. The largest absolute Gasteiger partial charge is 0.347 e. The normalized spacial score (nSPS) is 22.5. The van der Waals surface area contributed by atoms with Crippen LogP contribution in [0.5, 0.6) is 0 Å². The molecule has 1 aromatic carbocycles. The van der Waals surface area contributed by atoms with Gasteiger partial charge in [0.15, 0.2) is 4.90 Å². The Kier molecular flexibility index (Phi) is 5.66. The smallest absolute Gasteiger partial charge is 0.289 e. The Bertz CT molecular complexity index is 895. The van der Waals surface area contributed by atoms with Crippen LogP contribution in [-0.4, -0.2) is 67.1 Å². The molecule has 2 fully saturated rings. The molecule has 2 atom stereocenters. The topological polar surface area (TPSA) is 130 Å². The minimum absolute atomic E-state index is 0.0172. The lowest BCUT2D eigenvalue weighted by molar-refractivity contribution is -0.387. The number of carbonyl (C=O) groups excluding carboxylic acids is 2. The average molecular weight is 410 g/mol. The zero-order valence-corrected chi connectivity index (χ0v) is 16.2. The van der Waals surface area contributed by atoms with E-state index in [2.05, 4.69) is 5.32 Å². The van der Waals surface area contributed by atoms with Crippen molar-refractivity contribution >= 4 is 27.5 Å². The number of benzene rings is 1. The maximum Gasteiger partial charge on any atom is 0.289 e. The van der Waals surface area contributed by atoms with Crippen LogP contribution < -0.4 is 5.32 Å². The first-order valence-electron chi connectivity index (χ1n) is 9.01. The van der Waals surface area contributed by atoms with Gasteiger partial charge < -0.3 is 10.2 Å². The van der Waals surface area contributed by atoms with Crippen molar-refractivity contribution in [3.05, 3.63) is 34.4 Å². The van der Waals surface area contributed by atoms with E-state index in [9.17, 15) is 28.1 Å². The molecule has 2 aliphatic rings. The van der Waals surface area contributed by atoms with Crippen LogP contribution in [0.4, 0.5) is 5.69 Å². The van der Waals surface area contributed by atoms with Crippen LogP contribution in [0.25, 0.3) is 0 Å². The molecule has 2 amide bonds. The van der Waals surface area contributed by atoms with Crippen LogP contribution in [0.2, 0.25) is 0 Å². The van der Waals surface area contributed by atoms with Crippen molar-refractivity contribution in [2.45, 2.75) is 18.2 Å². The number of rotatable bonds is 6. The van der Waals surface area contributed by atoms with E-state index in [-0.39, 0.29) is 55.4 Å². The van der Waals surface area contributed by atoms with Crippen LogP contribution in [0.1, 0.15) is 13.3 Å². The van der Waals surface area contributed by atoms with Crippen molar-refractivity contribution < 1.29 is 22.9 Å². The summed E-state index contributed by atoms with van der Waals surface area (Å²) in [4.78, 5) is 35.6. The molecule has 152 valence electrons. The van der Waals surface area contributed by atoms with E-state index in [1.807, 2.05) is 6.92 Å². The Morgan fingerprint density at radius 2 is 1.82 bits per heavy atom. The number of nitro groups is 1. The number of nitrogens with zero attached hydrogens (tertiary/aromatic N) is 3. The predicted octanol–water partition coefficient (Wildman–Crippen LogP) is 0.200. The first-order chi connectivity index (χ1) is 13.2. The number of carbonyl (C=O) groups is 2. The van der Waals surface area contributed by atoms with Crippen LogP contribution >= 0.6 is 0 Å². The number of amides is 2. The molecule has 0 spiro atoms. The fourth-order valence-corrected chi connectivity index (χ4v) is 4.82. The Morgan fingerprint density at radius 3 is 2.39 bits per heavy atom. The summed E-state index contributed by atoms with van der Waals surface area (Å²) in [5, 5.41) is 13.7. The minimum Gasteiger partial charge on any atom is -0.347 e. The second-order valence-electron chi connectivity index (χ2n) is 7.05. The molecule has 28 heavy (non-hydrogen) atoms. The van der Waals surface area contributed by atoms with Gasteiger partial charge in [-0.2, -0.15) is 4.31 Å². The van der Waals surface area contributed by atoms with E-state index in [1.54, 1.807) is 0 Å². The van der Waals surface area contributed by atoms with Crippen LogP contribution in [0.3, 0.4) is 0 Å². The maximum atomic E-state index is 12.8. The summed E-state index contributed by atoms with van der Waals surface area (Å²) in [6, 6.07) is 5.20. The summed E-state index contributed by atoms with van der Waals surface area (Å²) in [5.41, 5.74) is -0.474. The molecule has 1 aromatic rings. The Labute approximate surface area is 162 Å². The standard InChI is InChI=1S/C17H22N4O6S/c1-12-10-13(12)17(23)18-11-16(22)19-6-8-20(9-7-19)28(26,27)15-5-3-2-4-14(15)21(24)25/h2-5,12-13H,6-11H2,1H3,(H,18,23). The number of piperazine rings is 1. The first-order valence-corrected chi connectivity index (χ1v) is 10.4. The van der Waals surface area contributed by atoms with E-state index in [4.69, 9.17) is 0 Å². The molecule has 11 heteroatoms. The van der Waals surface area contributed by atoms with Gasteiger partial charge in [-0.3, -0.25) is 19.7 Å². The van der Waals surface area contributed by atoms with Crippen molar-refractivity contribution in [3.63, 3.8) is 0 Å². The van der Waals surface area contributed by atoms with Gasteiger partial charge in [0.25, 0.3) is 5.69 Å². The molecule has 1 aliphatic heterocycles. The highest BCUT2D eigenvalue weighted by Gasteiger charge is 2.39. The number of hydrogen-bond acceptors (Lipinski definition) is 6. The maximum absolute atomic E-state index is 12.8. The second kappa shape index (κ2) is 7.84. The van der Waals surface area contributed by atoms with Gasteiger partial charge in [-0.15, -0.1) is 0 Å². The van der Waals surface area contributed by atoms with Crippen molar-refractivity contribution in [1.29, 1.82) is 0 Å². The number of hydrogen-bond donors (Lipinski definition) is 1. The van der Waals surface area contributed by atoms with Crippen LogP contribution in [0, 0.1) is 22.0 Å². The monoisotopic (exact) mass is 410 g/mol. The van der Waals surface area contributed by atoms with Crippen LogP contribution in [0.15, 0.2) is 29.2 Å². The first kappa shape index (κ1) is 20.2. The van der Waals surface area contributed by atoms with Gasteiger partial charge in [0.2, 0.25) is 21.8 Å². The van der Waals surface area contributed by atoms with Crippen molar-refractivity contribution in [2.24, 2.45) is 11.8 Å². The zero-order valence-electron chi connectivity index (χ0n) is 15.4. The highest BCUT2D eigenvalue weighted by atomic mass is 32.2. The average Bonchev–Trinajstić information content (AvgIpc) is 3.42. The fourth-order valence-electron chi connectivity index (χ4n) is 3.24. The summed E-state index contributed by atoms with van der Waals surface area (Å²) >= 11 is 0. The summed E-state index contributed by atoms with van der Waals surface area (Å²) in [6.07, 6.45) is 0.835. The van der Waals surface area contributed by atoms with E-state index in [1.165, 1.54) is 23.1 Å². The van der Waals surface area contributed by atoms with E-state index >= 15 is 0 Å². The Morgan fingerprint density at radius 1 is 1.21 bits per heavy atom. The molecule has 1 saturated heterocycles. The second-order valence-corrected chi connectivity index (χ2v) is 8.95. The molecule has 10 nitrogen and oxygen atoms in total. The number of sulfonamides is 1. The van der Waals surface area contributed by atoms with Gasteiger partial charge in [0.1, 0.15) is 0 Å². The van der Waals surface area contributed by atoms with Gasteiger partial charge in [-0.25, -0.2) is 8.42 Å². The molecule has 3 rings (SSSR count). The van der Waals surface area contributed by atoms with Crippen LogP contribution in [-0.2, 0) is 19.6 Å². The molecule has 1 heterocycles. The van der Waals surface area contributed by atoms with Gasteiger partial charge in [0, 0.05) is 38.2 Å². The molecular weight excluding hydrogens is 388 g/mol. The van der Waals surface area contributed by atoms with Crippen molar-refractivity contribution in [1.82, 2.24) is 14.5 Å². The van der Waals surface area contributed by atoms with E-state index in [0.717, 1.165) is 16.8 Å². The van der Waals surface area contributed by atoms with Gasteiger partial charge in [-0.05, 0) is 18.4 Å². The summed E-state index contributed by atoms with van der Waals surface area (Å²) in [5.74, 6) is -0.0646. The quantitative estimate of drug-likeness (QED) is 0.527. The van der Waals surface area contributed by atoms with Gasteiger partial charge in [-0.1, -0.05) is 19.1 Å². The summed E-state index contributed by atoms with van der Waals surface area (Å²) in [7, 11) is -4.04. The number of nitro benzene ring substituents is 1. The van der Waals surface area contributed by atoms with Gasteiger partial charge >= 0.3 is 0 Å². The lowest BCUT2D eigenvalue weighted by Gasteiger charge is -2.34. The fraction of sp³-hybridized carbons (Fsp3) is 0.529. The van der Waals surface area contributed by atoms with E-state index in [0.29, 0.717) is 5.92 Å². The lowest BCUT2D eigenvalue weighted by atomic mass is 10.3. The summed E-state index contributed by atoms with van der Waals surface area (Å²) < 4.78 is 26.7. The highest BCUT2D eigenvalue weighted by molar-refractivity contribution is 7.89. The third-order valence-corrected chi connectivity index (χ3v) is 7.08. The minimum atomic E-state index is -4.04. The predicted molar refractivity (Wildman–Crippen MR) is 98.7 cm³/mol. The molecule has 0 radical (unpaired) electrons. The molecule has 2 unspecified atom stereocenters. The highest BCUT2D eigenvalue weighted by Crippen LogP contribution is 2.37. The van der Waals surface area contributed by atoms with E-state index < -0.39 is 20.6 Å². The number of nitrogens with one attached hydrogen (secondary N) is 1. The van der Waals surface area contributed by atoms with Gasteiger partial charge in [0.05, 0.1) is 11.5 Å².